The monoisotopic (exact) mass is 306 g/mol. The van der Waals surface area contributed by atoms with Crippen LogP contribution in [0.25, 0.3) is 6.08 Å². The quantitative estimate of drug-likeness (QED) is 0.873. The Morgan fingerprint density at radius 3 is 2.35 bits per heavy atom. The lowest BCUT2D eigenvalue weighted by molar-refractivity contribution is -0.141. The molecule has 1 aromatic rings. The van der Waals surface area contributed by atoms with Crippen LogP contribution in [-0.4, -0.2) is 11.1 Å². The standard InChI is InChI=1S/C14H14ClF3O2/c1-8(2)11(13(19)20)6-4-9-3-5-10(7-12(9)15)14(16,17)18/h3-8,11H,1-2H3,(H,19,20). The van der Waals surface area contributed by atoms with Gasteiger partial charge in [0.2, 0.25) is 0 Å². The summed E-state index contributed by atoms with van der Waals surface area (Å²) < 4.78 is 37.4. The average molecular weight is 307 g/mol. The Balaban J connectivity index is 3.02. The molecule has 0 spiro atoms. The summed E-state index contributed by atoms with van der Waals surface area (Å²) >= 11 is 5.78. The maximum Gasteiger partial charge on any atom is 0.416 e. The van der Waals surface area contributed by atoms with Crippen molar-refractivity contribution in [3.63, 3.8) is 0 Å². The second-order valence-corrected chi connectivity index (χ2v) is 5.11. The Morgan fingerprint density at radius 1 is 1.35 bits per heavy atom. The zero-order valence-electron chi connectivity index (χ0n) is 10.9. The van der Waals surface area contributed by atoms with E-state index in [1.165, 1.54) is 18.2 Å². The van der Waals surface area contributed by atoms with Crippen LogP contribution in [0.2, 0.25) is 5.02 Å². The fourth-order valence-corrected chi connectivity index (χ4v) is 1.88. The Hall–Kier alpha value is -1.49. The molecule has 1 rings (SSSR count). The van der Waals surface area contributed by atoms with E-state index in [1.54, 1.807) is 13.8 Å². The molecule has 0 radical (unpaired) electrons. The van der Waals surface area contributed by atoms with Crippen molar-refractivity contribution in [3.05, 3.63) is 40.4 Å². The molecule has 0 bridgehead atoms. The molecule has 1 aromatic carbocycles. The first kappa shape index (κ1) is 16.6. The third kappa shape index (κ3) is 4.27. The Morgan fingerprint density at radius 2 is 1.95 bits per heavy atom. The van der Waals surface area contributed by atoms with Crippen LogP contribution in [0.15, 0.2) is 24.3 Å². The summed E-state index contributed by atoms with van der Waals surface area (Å²) in [7, 11) is 0. The topological polar surface area (TPSA) is 37.3 Å². The highest BCUT2D eigenvalue weighted by Gasteiger charge is 2.30. The van der Waals surface area contributed by atoms with E-state index in [0.717, 1.165) is 12.1 Å². The van der Waals surface area contributed by atoms with Gasteiger partial charge in [-0.2, -0.15) is 13.2 Å². The molecule has 0 aliphatic rings. The molecule has 20 heavy (non-hydrogen) atoms. The molecule has 0 fully saturated rings. The van der Waals surface area contributed by atoms with Crippen LogP contribution < -0.4 is 0 Å². The molecule has 0 aromatic heterocycles. The maximum atomic E-state index is 12.5. The van der Waals surface area contributed by atoms with Gasteiger partial charge in [-0.05, 0) is 23.6 Å². The smallest absolute Gasteiger partial charge is 0.416 e. The minimum absolute atomic E-state index is 0.0658. The molecule has 1 N–H and O–H groups in total. The number of benzene rings is 1. The lowest BCUT2D eigenvalue weighted by atomic mass is 9.95. The molecular weight excluding hydrogens is 293 g/mol. The largest absolute Gasteiger partial charge is 0.481 e. The zero-order chi connectivity index (χ0) is 15.5. The highest BCUT2D eigenvalue weighted by Crippen LogP contribution is 2.32. The van der Waals surface area contributed by atoms with Crippen LogP contribution in [0.1, 0.15) is 25.0 Å². The van der Waals surface area contributed by atoms with Gasteiger partial charge >= 0.3 is 12.1 Å². The van der Waals surface area contributed by atoms with Crippen molar-refractivity contribution >= 4 is 23.6 Å². The molecule has 0 heterocycles. The fraction of sp³-hybridized carbons (Fsp3) is 0.357. The summed E-state index contributed by atoms with van der Waals surface area (Å²) in [6.07, 6.45) is -1.59. The van der Waals surface area contributed by atoms with E-state index in [2.05, 4.69) is 0 Å². The van der Waals surface area contributed by atoms with E-state index in [0.29, 0.717) is 5.56 Å². The number of carboxylic acid groups (broad SMARTS) is 1. The highest BCUT2D eigenvalue weighted by molar-refractivity contribution is 6.32. The molecule has 2 nitrogen and oxygen atoms in total. The van der Waals surface area contributed by atoms with Crippen molar-refractivity contribution in [2.24, 2.45) is 11.8 Å². The molecule has 110 valence electrons. The summed E-state index contributed by atoms with van der Waals surface area (Å²) in [6.45, 7) is 3.50. The van der Waals surface area contributed by atoms with Crippen molar-refractivity contribution in [1.29, 1.82) is 0 Å². The minimum Gasteiger partial charge on any atom is -0.481 e. The molecule has 0 aliphatic carbocycles. The van der Waals surface area contributed by atoms with E-state index in [4.69, 9.17) is 16.7 Å². The predicted octanol–water partition coefficient (Wildman–Crippen LogP) is 4.73. The van der Waals surface area contributed by atoms with Gasteiger partial charge in [0, 0.05) is 5.02 Å². The van der Waals surface area contributed by atoms with E-state index in [-0.39, 0.29) is 10.9 Å². The van der Waals surface area contributed by atoms with Gasteiger partial charge in [0.25, 0.3) is 0 Å². The average Bonchev–Trinajstić information content (AvgIpc) is 2.28. The first-order valence-corrected chi connectivity index (χ1v) is 6.28. The van der Waals surface area contributed by atoms with Crippen LogP contribution in [0.4, 0.5) is 13.2 Å². The van der Waals surface area contributed by atoms with E-state index >= 15 is 0 Å². The summed E-state index contributed by atoms with van der Waals surface area (Å²) in [5.74, 6) is -1.83. The van der Waals surface area contributed by atoms with Gasteiger partial charge in [0.05, 0.1) is 11.5 Å². The number of halogens is 4. The predicted molar refractivity (Wildman–Crippen MR) is 71.5 cm³/mol. The number of aliphatic carboxylic acids is 1. The number of rotatable bonds is 4. The molecule has 6 heteroatoms. The number of carbonyl (C=O) groups is 1. The zero-order valence-corrected chi connectivity index (χ0v) is 11.7. The van der Waals surface area contributed by atoms with Gasteiger partial charge in [-0.1, -0.05) is 43.7 Å². The summed E-state index contributed by atoms with van der Waals surface area (Å²) in [5.41, 5.74) is -0.482. The van der Waals surface area contributed by atoms with Crippen LogP contribution in [0, 0.1) is 11.8 Å². The second-order valence-electron chi connectivity index (χ2n) is 4.70. The van der Waals surface area contributed by atoms with Gasteiger partial charge in [-0.25, -0.2) is 0 Å². The molecule has 0 aliphatic heterocycles. The van der Waals surface area contributed by atoms with Crippen LogP contribution in [-0.2, 0) is 11.0 Å². The lowest BCUT2D eigenvalue weighted by Gasteiger charge is -2.12. The van der Waals surface area contributed by atoms with Gasteiger partial charge in [-0.3, -0.25) is 4.79 Å². The first-order chi connectivity index (χ1) is 9.12. The van der Waals surface area contributed by atoms with Gasteiger partial charge < -0.3 is 5.11 Å². The fourth-order valence-electron chi connectivity index (χ4n) is 1.64. The van der Waals surface area contributed by atoms with Crippen molar-refractivity contribution in [2.45, 2.75) is 20.0 Å². The van der Waals surface area contributed by atoms with Crippen molar-refractivity contribution in [3.8, 4) is 0 Å². The molecule has 1 atom stereocenters. The second kappa shape index (κ2) is 6.31. The number of hydrogen-bond acceptors (Lipinski definition) is 1. The van der Waals surface area contributed by atoms with Crippen LogP contribution in [0.5, 0.6) is 0 Å². The lowest BCUT2D eigenvalue weighted by Crippen LogP contribution is -2.16. The van der Waals surface area contributed by atoms with E-state index in [1.807, 2.05) is 0 Å². The van der Waals surface area contributed by atoms with Gasteiger partial charge in [0.15, 0.2) is 0 Å². The van der Waals surface area contributed by atoms with Crippen molar-refractivity contribution in [1.82, 2.24) is 0 Å². The first-order valence-electron chi connectivity index (χ1n) is 5.90. The molecule has 0 amide bonds. The summed E-state index contributed by atoms with van der Waals surface area (Å²) in [4.78, 5) is 11.0. The Kier molecular flexibility index (Phi) is 5.22. The van der Waals surface area contributed by atoms with Crippen molar-refractivity contribution < 1.29 is 23.1 Å². The molecule has 0 saturated carbocycles. The van der Waals surface area contributed by atoms with Gasteiger partial charge in [0.1, 0.15) is 0 Å². The normalized spacial score (nSPS) is 13.9. The van der Waals surface area contributed by atoms with E-state index < -0.39 is 23.6 Å². The van der Waals surface area contributed by atoms with Gasteiger partial charge in [-0.15, -0.1) is 0 Å². The third-order valence-corrected chi connectivity index (χ3v) is 3.14. The third-order valence-electron chi connectivity index (χ3n) is 2.81. The number of carboxylic acids is 1. The molecule has 0 saturated heterocycles. The molecular formula is C14H14ClF3O2. The minimum atomic E-state index is -4.45. The van der Waals surface area contributed by atoms with E-state index in [9.17, 15) is 18.0 Å². The molecule has 1 unspecified atom stereocenters. The maximum absolute atomic E-state index is 12.5. The summed E-state index contributed by atoms with van der Waals surface area (Å²) in [6, 6.07) is 2.96. The number of hydrogen-bond donors (Lipinski definition) is 1. The van der Waals surface area contributed by atoms with Crippen LogP contribution >= 0.6 is 11.6 Å². The highest BCUT2D eigenvalue weighted by atomic mass is 35.5. The Labute approximate surface area is 119 Å². The SMILES string of the molecule is CC(C)C(C=Cc1ccc(C(F)(F)F)cc1Cl)C(=O)O. The van der Waals surface area contributed by atoms with Crippen LogP contribution in [0.3, 0.4) is 0 Å². The summed E-state index contributed by atoms with van der Waals surface area (Å²) in [5, 5.41) is 8.94. The van der Waals surface area contributed by atoms with Crippen molar-refractivity contribution in [2.75, 3.05) is 0 Å². The Bertz CT molecular complexity index is 522. The number of alkyl halides is 3.